The summed E-state index contributed by atoms with van der Waals surface area (Å²) in [6.07, 6.45) is 0.913. The van der Waals surface area contributed by atoms with Crippen molar-refractivity contribution in [2.45, 2.75) is 19.3 Å². The molecular formula is C22H25ClN2O2. The van der Waals surface area contributed by atoms with E-state index in [1.165, 1.54) is 0 Å². The van der Waals surface area contributed by atoms with Gasteiger partial charge in [0.15, 0.2) is 0 Å². The summed E-state index contributed by atoms with van der Waals surface area (Å²) in [6, 6.07) is 16.0. The second kappa shape index (κ2) is 7.81. The third-order valence-corrected chi connectivity index (χ3v) is 5.85. The van der Waals surface area contributed by atoms with Crippen LogP contribution in [0, 0.1) is 5.92 Å². The Morgan fingerprint density at radius 1 is 1.07 bits per heavy atom. The quantitative estimate of drug-likeness (QED) is 0.774. The molecule has 2 aliphatic rings. The standard InChI is InChI=1S/C22H25ClN2O2/c1-2-27-21-10-6-5-9-20(21)24-11-13-25(14-12-24)22(26)18-15-17(18)16-7-3-4-8-19(16)23/h3-10,17-18H,2,11-15H2,1H3. The highest BCUT2D eigenvalue weighted by Crippen LogP contribution is 2.50. The Morgan fingerprint density at radius 3 is 2.52 bits per heavy atom. The molecule has 2 atom stereocenters. The van der Waals surface area contributed by atoms with E-state index in [2.05, 4.69) is 11.0 Å². The molecule has 2 aromatic rings. The number of para-hydroxylation sites is 2. The normalized spacial score (nSPS) is 21.9. The van der Waals surface area contributed by atoms with E-state index in [4.69, 9.17) is 16.3 Å². The number of hydrogen-bond donors (Lipinski definition) is 0. The molecule has 1 saturated heterocycles. The molecule has 2 unspecified atom stereocenters. The first kappa shape index (κ1) is 18.2. The van der Waals surface area contributed by atoms with Crippen molar-refractivity contribution in [2.24, 2.45) is 5.92 Å². The molecule has 1 heterocycles. The SMILES string of the molecule is CCOc1ccccc1N1CCN(C(=O)C2CC2c2ccccc2Cl)CC1. The Labute approximate surface area is 165 Å². The van der Waals surface area contributed by atoms with E-state index < -0.39 is 0 Å². The van der Waals surface area contributed by atoms with Crippen LogP contribution in [0.1, 0.15) is 24.8 Å². The summed E-state index contributed by atoms with van der Waals surface area (Å²) >= 11 is 6.30. The first-order valence-corrected chi connectivity index (χ1v) is 10.1. The fourth-order valence-electron chi connectivity index (χ4n) is 3.99. The number of carbonyl (C=O) groups excluding carboxylic acids is 1. The smallest absolute Gasteiger partial charge is 0.226 e. The predicted octanol–water partition coefficient (Wildman–Crippen LogP) is 4.19. The molecule has 0 bridgehead atoms. The largest absolute Gasteiger partial charge is 0.492 e. The van der Waals surface area contributed by atoms with Gasteiger partial charge in [-0.05, 0) is 43.0 Å². The van der Waals surface area contributed by atoms with E-state index in [9.17, 15) is 4.79 Å². The van der Waals surface area contributed by atoms with Crippen molar-refractivity contribution < 1.29 is 9.53 Å². The van der Waals surface area contributed by atoms with E-state index in [-0.39, 0.29) is 17.7 Å². The molecule has 1 aliphatic heterocycles. The third-order valence-electron chi connectivity index (χ3n) is 5.51. The molecule has 4 rings (SSSR count). The van der Waals surface area contributed by atoms with Crippen molar-refractivity contribution in [1.29, 1.82) is 0 Å². The Kier molecular flexibility index (Phi) is 5.26. The molecule has 0 N–H and O–H groups in total. The zero-order valence-corrected chi connectivity index (χ0v) is 16.4. The zero-order chi connectivity index (χ0) is 18.8. The molecule has 1 saturated carbocycles. The monoisotopic (exact) mass is 384 g/mol. The summed E-state index contributed by atoms with van der Waals surface area (Å²) in [6.45, 7) is 5.83. The van der Waals surface area contributed by atoms with Gasteiger partial charge in [0, 0.05) is 37.1 Å². The average Bonchev–Trinajstić information content (AvgIpc) is 3.49. The maximum atomic E-state index is 12.9. The first-order chi connectivity index (χ1) is 13.2. The summed E-state index contributed by atoms with van der Waals surface area (Å²) < 4.78 is 5.75. The number of anilines is 1. The second-order valence-electron chi connectivity index (χ2n) is 7.18. The minimum Gasteiger partial charge on any atom is -0.492 e. The third kappa shape index (κ3) is 3.77. The number of halogens is 1. The number of hydrogen-bond acceptors (Lipinski definition) is 3. The van der Waals surface area contributed by atoms with Gasteiger partial charge in [0.25, 0.3) is 0 Å². The molecule has 2 aromatic carbocycles. The van der Waals surface area contributed by atoms with E-state index >= 15 is 0 Å². The average molecular weight is 385 g/mol. The van der Waals surface area contributed by atoms with Crippen LogP contribution in [0.4, 0.5) is 5.69 Å². The molecule has 27 heavy (non-hydrogen) atoms. The topological polar surface area (TPSA) is 32.8 Å². The summed E-state index contributed by atoms with van der Waals surface area (Å²) in [4.78, 5) is 17.2. The fraction of sp³-hybridized carbons (Fsp3) is 0.409. The van der Waals surface area contributed by atoms with E-state index in [1.807, 2.05) is 54.3 Å². The van der Waals surface area contributed by atoms with Gasteiger partial charge in [0.05, 0.1) is 12.3 Å². The Hall–Kier alpha value is -2.20. The van der Waals surface area contributed by atoms with Gasteiger partial charge >= 0.3 is 0 Å². The lowest BCUT2D eigenvalue weighted by Gasteiger charge is -2.37. The molecule has 1 amide bonds. The summed E-state index contributed by atoms with van der Waals surface area (Å²) in [5, 5.41) is 0.773. The second-order valence-corrected chi connectivity index (χ2v) is 7.59. The van der Waals surface area contributed by atoms with Crippen LogP contribution in [0.2, 0.25) is 5.02 Å². The number of ether oxygens (including phenoxy) is 1. The van der Waals surface area contributed by atoms with Crippen LogP contribution in [0.5, 0.6) is 5.75 Å². The Balaban J connectivity index is 1.36. The molecule has 142 valence electrons. The highest BCUT2D eigenvalue weighted by molar-refractivity contribution is 6.31. The van der Waals surface area contributed by atoms with Crippen LogP contribution in [0.15, 0.2) is 48.5 Å². The maximum Gasteiger partial charge on any atom is 0.226 e. The fourth-order valence-corrected chi connectivity index (χ4v) is 4.26. The van der Waals surface area contributed by atoms with Crippen molar-refractivity contribution in [1.82, 2.24) is 4.90 Å². The van der Waals surface area contributed by atoms with Crippen LogP contribution in [0.25, 0.3) is 0 Å². The highest BCUT2D eigenvalue weighted by Gasteiger charge is 2.46. The van der Waals surface area contributed by atoms with Crippen LogP contribution in [0.3, 0.4) is 0 Å². The number of rotatable bonds is 5. The van der Waals surface area contributed by atoms with E-state index in [0.29, 0.717) is 6.61 Å². The number of amides is 1. The summed E-state index contributed by atoms with van der Waals surface area (Å²) in [5.74, 6) is 1.56. The molecule has 4 nitrogen and oxygen atoms in total. The van der Waals surface area contributed by atoms with Crippen molar-refractivity contribution in [2.75, 3.05) is 37.7 Å². The predicted molar refractivity (Wildman–Crippen MR) is 109 cm³/mol. The number of nitrogens with zero attached hydrogens (tertiary/aromatic N) is 2. The minimum absolute atomic E-state index is 0.0900. The molecule has 1 aliphatic carbocycles. The maximum absolute atomic E-state index is 12.9. The van der Waals surface area contributed by atoms with Gasteiger partial charge in [0.1, 0.15) is 5.75 Å². The van der Waals surface area contributed by atoms with Gasteiger partial charge in [-0.15, -0.1) is 0 Å². The van der Waals surface area contributed by atoms with Gasteiger partial charge in [-0.2, -0.15) is 0 Å². The highest BCUT2D eigenvalue weighted by atomic mass is 35.5. The number of carbonyl (C=O) groups is 1. The zero-order valence-electron chi connectivity index (χ0n) is 15.6. The van der Waals surface area contributed by atoms with Crippen LogP contribution in [-0.2, 0) is 4.79 Å². The lowest BCUT2D eigenvalue weighted by atomic mass is 10.1. The first-order valence-electron chi connectivity index (χ1n) is 9.69. The minimum atomic E-state index is 0.0900. The molecule has 0 radical (unpaired) electrons. The summed E-state index contributed by atoms with van der Waals surface area (Å²) in [5.41, 5.74) is 2.23. The molecule has 0 aromatic heterocycles. The van der Waals surface area contributed by atoms with Crippen LogP contribution >= 0.6 is 11.6 Å². The van der Waals surface area contributed by atoms with Gasteiger partial charge in [0.2, 0.25) is 5.91 Å². The summed E-state index contributed by atoms with van der Waals surface area (Å²) in [7, 11) is 0. The lowest BCUT2D eigenvalue weighted by Crippen LogP contribution is -2.49. The molecule has 0 spiro atoms. The Morgan fingerprint density at radius 2 is 1.78 bits per heavy atom. The van der Waals surface area contributed by atoms with Crippen molar-refractivity contribution in [3.8, 4) is 5.75 Å². The molecular weight excluding hydrogens is 360 g/mol. The van der Waals surface area contributed by atoms with Crippen molar-refractivity contribution in [3.63, 3.8) is 0 Å². The molecule has 2 fully saturated rings. The number of piperazine rings is 1. The van der Waals surface area contributed by atoms with Crippen LogP contribution < -0.4 is 9.64 Å². The van der Waals surface area contributed by atoms with Gasteiger partial charge in [-0.1, -0.05) is 41.9 Å². The lowest BCUT2D eigenvalue weighted by molar-refractivity contribution is -0.132. The van der Waals surface area contributed by atoms with Gasteiger partial charge in [-0.25, -0.2) is 0 Å². The number of benzene rings is 2. The van der Waals surface area contributed by atoms with Crippen LogP contribution in [-0.4, -0.2) is 43.6 Å². The van der Waals surface area contributed by atoms with Crippen molar-refractivity contribution >= 4 is 23.2 Å². The van der Waals surface area contributed by atoms with E-state index in [1.54, 1.807) is 0 Å². The van der Waals surface area contributed by atoms with Gasteiger partial charge in [-0.3, -0.25) is 4.79 Å². The molecule has 5 heteroatoms. The van der Waals surface area contributed by atoms with Gasteiger partial charge < -0.3 is 14.5 Å². The Bertz CT molecular complexity index is 817. The van der Waals surface area contributed by atoms with E-state index in [0.717, 1.165) is 54.6 Å². The van der Waals surface area contributed by atoms with Crippen molar-refractivity contribution in [3.05, 3.63) is 59.1 Å².